The predicted molar refractivity (Wildman–Crippen MR) is 88.2 cm³/mol. The fourth-order valence-electron chi connectivity index (χ4n) is 2.39. The molecule has 0 amide bonds. The molecule has 0 aliphatic heterocycles. The van der Waals surface area contributed by atoms with Gasteiger partial charge in [0.1, 0.15) is 0 Å². The molecule has 0 aliphatic carbocycles. The normalized spacial score (nSPS) is 10.6. The zero-order valence-electron chi connectivity index (χ0n) is 14.3. The maximum atomic E-state index is 10.7. The summed E-state index contributed by atoms with van der Waals surface area (Å²) < 4.78 is 0. The van der Waals surface area contributed by atoms with Gasteiger partial charge in [-0.3, -0.25) is 0 Å². The number of hydrogen-bond donors (Lipinski definition) is 1. The molecule has 0 heterocycles. The van der Waals surface area contributed by atoms with E-state index in [1.165, 1.54) is 64.2 Å². The van der Waals surface area contributed by atoms with Crippen LogP contribution in [0.4, 0.5) is 0 Å². The molecule has 0 saturated heterocycles. The minimum Gasteiger partial charge on any atom is -0.301 e. The Bertz CT molecular complexity index is 255. The van der Waals surface area contributed by atoms with Crippen LogP contribution in [0.3, 0.4) is 0 Å². The van der Waals surface area contributed by atoms with Crippen LogP contribution in [0.2, 0.25) is 0 Å². The van der Waals surface area contributed by atoms with Gasteiger partial charge < -0.3 is 4.89 Å². The predicted octanol–water partition coefficient (Wildman–Crippen LogP) is 6.04. The van der Waals surface area contributed by atoms with Gasteiger partial charge in [-0.05, 0) is 32.1 Å². The van der Waals surface area contributed by atoms with Gasteiger partial charge in [0.05, 0.1) is 0 Å². The second kappa shape index (κ2) is 21.5. The van der Waals surface area contributed by atoms with Crippen molar-refractivity contribution in [3.63, 3.8) is 0 Å². The van der Waals surface area contributed by atoms with Crippen LogP contribution in [-0.4, -0.2) is 11.2 Å². The van der Waals surface area contributed by atoms with E-state index in [0.29, 0.717) is 6.42 Å². The number of hydrogen-bond acceptors (Lipinski definition) is 3. The van der Waals surface area contributed by atoms with Crippen molar-refractivity contribution in [3.8, 4) is 0 Å². The SMILES string of the molecule is CCCCCCCC/C=C\CCCCCCCC(=O)OO.[Ce]. The molecule has 0 unspecified atom stereocenters. The van der Waals surface area contributed by atoms with Gasteiger partial charge in [-0.1, -0.05) is 70.4 Å². The average Bonchev–Trinajstić information content (AvgIpc) is 2.50. The van der Waals surface area contributed by atoms with Crippen LogP contribution in [0.15, 0.2) is 12.2 Å². The molecular weight excluding hydrogens is 404 g/mol. The zero-order chi connectivity index (χ0) is 15.6. The van der Waals surface area contributed by atoms with E-state index in [1.54, 1.807) is 0 Å². The molecule has 0 spiro atoms. The standard InChI is InChI=1S/C18H34O3.Ce/c1-2-3-4-5-6-7-8-9-10-11-12-13-14-15-16-17-18(19)21-20;/h9-10,20H,2-8,11-17H2,1H3;/b10-9-;. The molecule has 0 saturated carbocycles. The van der Waals surface area contributed by atoms with Crippen LogP contribution in [0, 0.1) is 41.7 Å². The van der Waals surface area contributed by atoms with Gasteiger partial charge in [-0.25, -0.2) is 4.79 Å². The summed E-state index contributed by atoms with van der Waals surface area (Å²) in [4.78, 5) is 14.3. The van der Waals surface area contributed by atoms with Gasteiger partial charge in [0.2, 0.25) is 0 Å². The number of unbranched alkanes of at least 4 members (excludes halogenated alkanes) is 11. The average molecular weight is 439 g/mol. The summed E-state index contributed by atoms with van der Waals surface area (Å²) in [6.07, 6.45) is 21.1. The van der Waals surface area contributed by atoms with E-state index < -0.39 is 5.97 Å². The Morgan fingerprint density at radius 2 is 1.27 bits per heavy atom. The Morgan fingerprint density at radius 3 is 1.77 bits per heavy atom. The van der Waals surface area contributed by atoms with Crippen molar-refractivity contribution in [1.82, 2.24) is 0 Å². The van der Waals surface area contributed by atoms with Crippen LogP contribution < -0.4 is 0 Å². The van der Waals surface area contributed by atoms with Crippen LogP contribution >= 0.6 is 0 Å². The summed E-state index contributed by atoms with van der Waals surface area (Å²) >= 11 is 0. The van der Waals surface area contributed by atoms with Gasteiger partial charge in [0.15, 0.2) is 0 Å². The van der Waals surface area contributed by atoms with Gasteiger partial charge in [-0.2, -0.15) is 5.26 Å². The first-order valence-electron chi connectivity index (χ1n) is 8.80. The number of carbonyl (C=O) groups is 1. The van der Waals surface area contributed by atoms with E-state index in [2.05, 4.69) is 24.0 Å². The fourth-order valence-corrected chi connectivity index (χ4v) is 2.39. The molecule has 0 aromatic heterocycles. The summed E-state index contributed by atoms with van der Waals surface area (Å²) in [5.74, 6) is -0.521. The Morgan fingerprint density at radius 1 is 0.818 bits per heavy atom. The molecule has 0 atom stereocenters. The summed E-state index contributed by atoms with van der Waals surface area (Å²) in [5, 5.41) is 8.09. The second-order valence-electron chi connectivity index (χ2n) is 5.80. The van der Waals surface area contributed by atoms with Crippen LogP contribution in [0.1, 0.15) is 96.8 Å². The van der Waals surface area contributed by atoms with Gasteiger partial charge in [0, 0.05) is 48.2 Å². The molecule has 0 radical (unpaired) electrons. The maximum Gasteiger partial charge on any atom is 0.342 e. The number of carbonyl (C=O) groups excluding carboxylic acids is 1. The van der Waals surface area contributed by atoms with E-state index in [9.17, 15) is 4.79 Å². The molecule has 0 aromatic carbocycles. The van der Waals surface area contributed by atoms with Crippen LogP contribution in [-0.2, 0) is 9.68 Å². The molecular formula is C18H34CeO3. The minimum absolute atomic E-state index is 0. The Hall–Kier alpha value is 0.547. The van der Waals surface area contributed by atoms with Crippen molar-refractivity contribution in [1.29, 1.82) is 0 Å². The molecule has 0 rings (SSSR count). The minimum atomic E-state index is -0.521. The topological polar surface area (TPSA) is 46.5 Å². The zero-order valence-corrected chi connectivity index (χ0v) is 17.5. The quantitative estimate of drug-likeness (QED) is 0.147. The smallest absolute Gasteiger partial charge is 0.301 e. The van der Waals surface area contributed by atoms with Crippen molar-refractivity contribution < 1.29 is 56.7 Å². The van der Waals surface area contributed by atoms with E-state index in [-0.39, 0.29) is 41.7 Å². The molecule has 128 valence electrons. The third-order valence-electron chi connectivity index (χ3n) is 3.74. The molecule has 22 heavy (non-hydrogen) atoms. The summed E-state index contributed by atoms with van der Waals surface area (Å²) in [6.45, 7) is 2.26. The Balaban J connectivity index is 0. The van der Waals surface area contributed by atoms with Crippen molar-refractivity contribution in [3.05, 3.63) is 12.2 Å². The first kappa shape index (κ1) is 24.8. The molecule has 1 N–H and O–H groups in total. The molecule has 4 heteroatoms. The Kier molecular flexibility index (Phi) is 24.3. The van der Waals surface area contributed by atoms with Gasteiger partial charge >= 0.3 is 5.97 Å². The van der Waals surface area contributed by atoms with E-state index in [0.717, 1.165) is 19.3 Å². The van der Waals surface area contributed by atoms with Crippen LogP contribution in [0.25, 0.3) is 0 Å². The maximum absolute atomic E-state index is 10.7. The van der Waals surface area contributed by atoms with E-state index in [1.807, 2.05) is 0 Å². The Labute approximate surface area is 170 Å². The molecule has 0 fully saturated rings. The van der Waals surface area contributed by atoms with Crippen molar-refractivity contribution in [2.45, 2.75) is 96.8 Å². The number of allylic oxidation sites excluding steroid dienone is 2. The monoisotopic (exact) mass is 438 g/mol. The first-order chi connectivity index (χ1) is 10.3. The van der Waals surface area contributed by atoms with Gasteiger partial charge in [0.25, 0.3) is 0 Å². The van der Waals surface area contributed by atoms with E-state index in [4.69, 9.17) is 5.26 Å². The first-order valence-corrected chi connectivity index (χ1v) is 8.80. The largest absolute Gasteiger partial charge is 0.342 e. The third kappa shape index (κ3) is 20.5. The van der Waals surface area contributed by atoms with Crippen LogP contribution in [0.5, 0.6) is 0 Å². The molecule has 0 aromatic rings. The van der Waals surface area contributed by atoms with E-state index >= 15 is 0 Å². The summed E-state index contributed by atoms with van der Waals surface area (Å²) in [6, 6.07) is 0. The molecule has 0 aliphatic rings. The molecule has 0 bridgehead atoms. The fraction of sp³-hybridized carbons (Fsp3) is 0.833. The summed E-state index contributed by atoms with van der Waals surface area (Å²) in [7, 11) is 0. The van der Waals surface area contributed by atoms with Crippen molar-refractivity contribution in [2.75, 3.05) is 0 Å². The van der Waals surface area contributed by atoms with Crippen molar-refractivity contribution in [2.24, 2.45) is 0 Å². The third-order valence-corrected chi connectivity index (χ3v) is 3.74. The molecule has 3 nitrogen and oxygen atoms in total. The summed E-state index contributed by atoms with van der Waals surface area (Å²) in [5.41, 5.74) is 0. The van der Waals surface area contributed by atoms with Gasteiger partial charge in [-0.15, -0.1) is 0 Å². The number of rotatable bonds is 15. The van der Waals surface area contributed by atoms with Crippen molar-refractivity contribution >= 4 is 5.97 Å². The second-order valence-corrected chi connectivity index (χ2v) is 5.80.